The molecule has 2 heteroatoms. The molecule has 5 aromatic rings. The van der Waals surface area contributed by atoms with Crippen LogP contribution in [0.15, 0.2) is 181 Å². The molecule has 1 heterocycles. The first-order valence-corrected chi connectivity index (χ1v) is 21.3. The molecular formula is C57H55NO. The van der Waals surface area contributed by atoms with Crippen molar-refractivity contribution in [3.8, 4) is 11.1 Å². The van der Waals surface area contributed by atoms with Crippen LogP contribution in [0.1, 0.15) is 87.8 Å². The number of rotatable bonds is 8. The number of allylic oxidation sites excluding steroid dienone is 10. The number of anilines is 3. The monoisotopic (exact) mass is 769 g/mol. The first-order valence-electron chi connectivity index (χ1n) is 21.3. The van der Waals surface area contributed by atoms with Gasteiger partial charge in [-0.05, 0) is 118 Å². The van der Waals surface area contributed by atoms with Gasteiger partial charge in [0.15, 0.2) is 0 Å². The van der Waals surface area contributed by atoms with Gasteiger partial charge in [-0.3, -0.25) is 0 Å². The summed E-state index contributed by atoms with van der Waals surface area (Å²) in [5.74, 6) is 1.44. The summed E-state index contributed by atoms with van der Waals surface area (Å²) in [6, 6.07) is 42.9. The van der Waals surface area contributed by atoms with Crippen LogP contribution in [0.2, 0.25) is 0 Å². The van der Waals surface area contributed by atoms with Crippen LogP contribution in [0.4, 0.5) is 17.1 Å². The van der Waals surface area contributed by atoms with Crippen molar-refractivity contribution in [3.05, 3.63) is 214 Å². The van der Waals surface area contributed by atoms with Gasteiger partial charge in [0, 0.05) is 40.3 Å². The van der Waals surface area contributed by atoms with Gasteiger partial charge in [0.1, 0.15) is 11.9 Å². The zero-order chi connectivity index (χ0) is 40.9. The third kappa shape index (κ3) is 7.20. The van der Waals surface area contributed by atoms with Crippen molar-refractivity contribution >= 4 is 34.3 Å². The zero-order valence-electron chi connectivity index (χ0n) is 35.6. The standard InChI is InChI=1S/C57H55NO/c1-8-39(24-31-45-36-43-23-22-42(37-51(43)57(45,6)7)40-25-29-44(30-26-40)56(3,4)5)48-14-9-11-17-52(48)58(46-32-20-38(2)21-33-46)47-34-27-41(28-35-47)49-16-13-19-54-55(49)50-15-10-12-18-53(50)59-54/h8-12,14-18,20-37,50,53H,13,19H2,1-7H3/b31-24-,39-8+. The van der Waals surface area contributed by atoms with Crippen LogP contribution >= 0.6 is 0 Å². The number of aryl methyl sites for hydroxylation is 1. The van der Waals surface area contributed by atoms with Crippen molar-refractivity contribution < 1.29 is 4.74 Å². The molecule has 2 nitrogen and oxygen atoms in total. The predicted molar refractivity (Wildman–Crippen MR) is 251 cm³/mol. The Hall–Kier alpha value is -6.12. The Kier molecular flexibility index (Phi) is 9.92. The lowest BCUT2D eigenvalue weighted by molar-refractivity contribution is 0.158. The van der Waals surface area contributed by atoms with Gasteiger partial charge >= 0.3 is 0 Å². The Labute approximate surface area is 352 Å². The first kappa shape index (κ1) is 38.4. The van der Waals surface area contributed by atoms with Crippen LogP contribution in [0.25, 0.3) is 28.3 Å². The van der Waals surface area contributed by atoms with Crippen LogP contribution in [-0.4, -0.2) is 6.10 Å². The molecule has 0 spiro atoms. The third-order valence-corrected chi connectivity index (χ3v) is 12.8. The van der Waals surface area contributed by atoms with Crippen molar-refractivity contribution in [2.45, 2.75) is 78.2 Å². The zero-order valence-corrected chi connectivity index (χ0v) is 35.6. The van der Waals surface area contributed by atoms with Crippen LogP contribution in [0.3, 0.4) is 0 Å². The Morgan fingerprint density at radius 1 is 0.780 bits per heavy atom. The first-order chi connectivity index (χ1) is 28.5. The molecule has 0 N–H and O–H groups in total. The molecule has 0 saturated heterocycles. The van der Waals surface area contributed by atoms with Crippen LogP contribution in [0, 0.1) is 12.8 Å². The summed E-state index contributed by atoms with van der Waals surface area (Å²) < 4.78 is 6.45. The number of fused-ring (bicyclic) bond motifs is 3. The number of hydrogen-bond acceptors (Lipinski definition) is 2. The Morgan fingerprint density at radius 3 is 2.19 bits per heavy atom. The van der Waals surface area contributed by atoms with E-state index in [1.807, 2.05) is 0 Å². The fraction of sp³-hybridized carbons (Fsp3) is 0.228. The number of hydrogen-bond donors (Lipinski definition) is 0. The van der Waals surface area contributed by atoms with Crippen LogP contribution in [-0.2, 0) is 15.6 Å². The van der Waals surface area contributed by atoms with Gasteiger partial charge in [0.25, 0.3) is 0 Å². The van der Waals surface area contributed by atoms with E-state index in [-0.39, 0.29) is 22.9 Å². The minimum atomic E-state index is -0.138. The molecule has 5 aromatic carbocycles. The van der Waals surface area contributed by atoms with E-state index in [0.717, 1.165) is 35.7 Å². The minimum absolute atomic E-state index is 0.107. The molecule has 294 valence electrons. The molecule has 2 atom stereocenters. The van der Waals surface area contributed by atoms with Gasteiger partial charge in [-0.2, -0.15) is 0 Å². The highest BCUT2D eigenvalue weighted by Gasteiger charge is 2.38. The Morgan fingerprint density at radius 2 is 1.46 bits per heavy atom. The Bertz CT molecular complexity index is 2630. The van der Waals surface area contributed by atoms with E-state index in [9.17, 15) is 0 Å². The van der Waals surface area contributed by atoms with Gasteiger partial charge in [-0.15, -0.1) is 0 Å². The number of benzene rings is 5. The molecular weight excluding hydrogens is 715 g/mol. The molecule has 0 amide bonds. The summed E-state index contributed by atoms with van der Waals surface area (Å²) in [5.41, 5.74) is 18.7. The molecule has 0 fully saturated rings. The molecule has 0 radical (unpaired) electrons. The van der Waals surface area contributed by atoms with Gasteiger partial charge < -0.3 is 9.64 Å². The minimum Gasteiger partial charge on any atom is -0.489 e. The third-order valence-electron chi connectivity index (χ3n) is 12.8. The van der Waals surface area contributed by atoms with Gasteiger partial charge in [0.2, 0.25) is 0 Å². The predicted octanol–water partition coefficient (Wildman–Crippen LogP) is 15.3. The summed E-state index contributed by atoms with van der Waals surface area (Å²) in [6.07, 6.45) is 22.5. The molecule has 59 heavy (non-hydrogen) atoms. The van der Waals surface area contributed by atoms with Crippen molar-refractivity contribution in [1.82, 2.24) is 0 Å². The number of ether oxygens (including phenoxy) is 1. The fourth-order valence-electron chi connectivity index (χ4n) is 9.30. The molecule has 3 aliphatic carbocycles. The highest BCUT2D eigenvalue weighted by Crippen LogP contribution is 2.48. The quantitative estimate of drug-likeness (QED) is 0.146. The van der Waals surface area contributed by atoms with E-state index in [1.165, 1.54) is 66.8 Å². The molecule has 0 saturated carbocycles. The number of nitrogens with zero attached hydrogens (tertiary/aromatic N) is 1. The molecule has 4 aliphatic rings. The second kappa shape index (κ2) is 15.2. The lowest BCUT2D eigenvalue weighted by Crippen LogP contribution is -2.16. The SMILES string of the molecule is C/C=C(\C=C/C1=Cc2ccc(-c3ccc(C(C)(C)C)cc3)cc2C1(C)C)c1ccccc1N(c1ccc(C)cc1)c1ccc(C2=CCCC3=C2C2C=CC=CC2O3)cc1. The maximum absolute atomic E-state index is 6.45. The summed E-state index contributed by atoms with van der Waals surface area (Å²) in [6.45, 7) is 15.8. The second-order valence-corrected chi connectivity index (χ2v) is 18.0. The van der Waals surface area contributed by atoms with Gasteiger partial charge in [0.05, 0.1) is 5.69 Å². The van der Waals surface area contributed by atoms with Gasteiger partial charge in [-0.25, -0.2) is 0 Å². The molecule has 2 unspecified atom stereocenters. The molecule has 1 aliphatic heterocycles. The summed E-state index contributed by atoms with van der Waals surface area (Å²) >= 11 is 0. The second-order valence-electron chi connectivity index (χ2n) is 18.0. The molecule has 0 bridgehead atoms. The van der Waals surface area contributed by atoms with Crippen LogP contribution < -0.4 is 4.90 Å². The van der Waals surface area contributed by atoms with Crippen LogP contribution in [0.5, 0.6) is 0 Å². The van der Waals surface area contributed by atoms with Crippen molar-refractivity contribution in [3.63, 3.8) is 0 Å². The van der Waals surface area contributed by atoms with Crippen molar-refractivity contribution in [1.29, 1.82) is 0 Å². The lowest BCUT2D eigenvalue weighted by atomic mass is 9.80. The Balaban J connectivity index is 1.02. The summed E-state index contributed by atoms with van der Waals surface area (Å²) in [7, 11) is 0. The maximum atomic E-state index is 6.45. The van der Waals surface area contributed by atoms with E-state index >= 15 is 0 Å². The smallest absolute Gasteiger partial charge is 0.127 e. The normalized spacial score (nSPS) is 19.3. The van der Waals surface area contributed by atoms with E-state index in [0.29, 0.717) is 0 Å². The molecule has 0 aromatic heterocycles. The average Bonchev–Trinajstić information content (AvgIpc) is 3.75. The van der Waals surface area contributed by atoms with E-state index < -0.39 is 0 Å². The van der Waals surface area contributed by atoms with Gasteiger partial charge in [-0.1, -0.05) is 168 Å². The fourth-order valence-corrected chi connectivity index (χ4v) is 9.30. The largest absolute Gasteiger partial charge is 0.489 e. The van der Waals surface area contributed by atoms with E-state index in [1.54, 1.807) is 0 Å². The van der Waals surface area contributed by atoms with E-state index in [2.05, 4.69) is 223 Å². The number of para-hydroxylation sites is 1. The topological polar surface area (TPSA) is 12.5 Å². The van der Waals surface area contributed by atoms with E-state index in [4.69, 9.17) is 4.74 Å². The lowest BCUT2D eigenvalue weighted by Gasteiger charge is -2.29. The highest BCUT2D eigenvalue weighted by atomic mass is 16.5. The average molecular weight is 770 g/mol. The van der Waals surface area contributed by atoms with Crippen molar-refractivity contribution in [2.24, 2.45) is 5.92 Å². The molecule has 9 rings (SSSR count). The summed E-state index contributed by atoms with van der Waals surface area (Å²) in [5, 5.41) is 0. The van der Waals surface area contributed by atoms with Crippen molar-refractivity contribution in [2.75, 3.05) is 4.90 Å². The summed E-state index contributed by atoms with van der Waals surface area (Å²) in [4.78, 5) is 2.41. The highest BCUT2D eigenvalue weighted by molar-refractivity contribution is 5.90. The maximum Gasteiger partial charge on any atom is 0.127 e.